The summed E-state index contributed by atoms with van der Waals surface area (Å²) in [4.78, 5) is 32.3. The molecule has 0 aromatic heterocycles. The number of hydrogen-bond donors (Lipinski definition) is 0. The molecule has 0 saturated heterocycles. The molecule has 5 rings (SSSR count). The summed E-state index contributed by atoms with van der Waals surface area (Å²) in [5.74, 6) is -0.341. The lowest BCUT2D eigenvalue weighted by atomic mass is 9.69. The monoisotopic (exact) mass is 551 g/mol. The Morgan fingerprint density at radius 2 is 1.66 bits per heavy atom. The highest BCUT2D eigenvalue weighted by Crippen LogP contribution is 2.48. The Labute approximate surface area is 242 Å². The van der Waals surface area contributed by atoms with Crippen molar-refractivity contribution in [2.45, 2.75) is 58.0 Å². The zero-order valence-corrected chi connectivity index (χ0v) is 24.0. The molecule has 6 nitrogen and oxygen atoms in total. The number of carbonyl (C=O) groups excluding carboxylic acids is 2. The number of Topliss-reactive ketones (excluding diaryl/α,β-unsaturated/α-hetero) is 1. The summed E-state index contributed by atoms with van der Waals surface area (Å²) >= 11 is 0. The van der Waals surface area contributed by atoms with E-state index in [0.717, 1.165) is 35.2 Å². The highest BCUT2D eigenvalue weighted by Gasteiger charge is 2.45. The Bertz CT molecular complexity index is 1440. The van der Waals surface area contributed by atoms with Gasteiger partial charge in [-0.3, -0.25) is 14.6 Å². The molecule has 6 heteroatoms. The first-order chi connectivity index (χ1) is 20.0. The van der Waals surface area contributed by atoms with E-state index in [4.69, 9.17) is 19.2 Å². The first-order valence-electron chi connectivity index (χ1n) is 14.4. The van der Waals surface area contributed by atoms with Crippen molar-refractivity contribution < 1.29 is 23.8 Å². The van der Waals surface area contributed by atoms with Gasteiger partial charge in [-0.05, 0) is 54.5 Å². The van der Waals surface area contributed by atoms with Crippen LogP contribution in [-0.2, 0) is 20.9 Å². The second-order valence-corrected chi connectivity index (χ2v) is 10.7. The molecule has 3 aromatic rings. The van der Waals surface area contributed by atoms with Crippen LogP contribution in [0.4, 0.5) is 0 Å². The van der Waals surface area contributed by atoms with Crippen LogP contribution >= 0.6 is 0 Å². The molecule has 0 bridgehead atoms. The van der Waals surface area contributed by atoms with Gasteiger partial charge >= 0.3 is 5.97 Å². The van der Waals surface area contributed by atoms with Crippen LogP contribution < -0.4 is 9.47 Å². The number of esters is 1. The van der Waals surface area contributed by atoms with E-state index >= 15 is 0 Å². The SMILES string of the molecule is CCCCOC(=O)C1C(C)=NC2=C(C(=O)C[C@@H](c3ccccc3)C2)[C@H]1c1ccc(OCc2ccccc2)c(OC)c1. The summed E-state index contributed by atoms with van der Waals surface area (Å²) in [5.41, 5.74) is 5.02. The van der Waals surface area contributed by atoms with Crippen molar-refractivity contribution >= 4 is 17.5 Å². The van der Waals surface area contributed by atoms with Gasteiger partial charge < -0.3 is 14.2 Å². The third kappa shape index (κ3) is 6.27. The number of carbonyl (C=O) groups is 2. The maximum atomic E-state index is 13.9. The largest absolute Gasteiger partial charge is 0.493 e. The van der Waals surface area contributed by atoms with Crippen LogP contribution in [0, 0.1) is 5.92 Å². The number of nitrogens with zero attached hydrogens (tertiary/aromatic N) is 1. The molecule has 0 N–H and O–H groups in total. The maximum absolute atomic E-state index is 13.9. The van der Waals surface area contributed by atoms with Crippen LogP contribution in [0.5, 0.6) is 11.5 Å². The molecule has 2 aliphatic rings. The molecule has 0 fully saturated rings. The molecule has 3 atom stereocenters. The Morgan fingerprint density at radius 1 is 0.927 bits per heavy atom. The molecule has 1 aliphatic heterocycles. The number of unbranched alkanes of at least 4 members (excludes halogenated alkanes) is 1. The van der Waals surface area contributed by atoms with E-state index in [2.05, 4.69) is 19.1 Å². The van der Waals surface area contributed by atoms with Gasteiger partial charge in [0.15, 0.2) is 17.3 Å². The summed E-state index contributed by atoms with van der Waals surface area (Å²) in [6, 6.07) is 25.7. The van der Waals surface area contributed by atoms with E-state index in [1.807, 2.05) is 73.7 Å². The van der Waals surface area contributed by atoms with Crippen LogP contribution in [0.2, 0.25) is 0 Å². The highest BCUT2D eigenvalue weighted by molar-refractivity contribution is 6.09. The van der Waals surface area contributed by atoms with Crippen LogP contribution in [-0.4, -0.2) is 31.2 Å². The minimum atomic E-state index is -0.691. The molecular weight excluding hydrogens is 514 g/mol. The molecule has 212 valence electrons. The number of allylic oxidation sites excluding steroid dienone is 2. The van der Waals surface area contributed by atoms with Gasteiger partial charge in [0.1, 0.15) is 12.5 Å². The van der Waals surface area contributed by atoms with E-state index in [0.29, 0.717) is 48.8 Å². The molecule has 1 heterocycles. The lowest BCUT2D eigenvalue weighted by Crippen LogP contribution is -2.38. The van der Waals surface area contributed by atoms with Crippen LogP contribution in [0.15, 0.2) is 95.1 Å². The quantitative estimate of drug-likeness (QED) is 0.197. The van der Waals surface area contributed by atoms with Gasteiger partial charge in [0, 0.05) is 29.3 Å². The summed E-state index contributed by atoms with van der Waals surface area (Å²) < 4.78 is 17.5. The van der Waals surface area contributed by atoms with Gasteiger partial charge in [0.25, 0.3) is 0 Å². The molecule has 3 aromatic carbocycles. The smallest absolute Gasteiger partial charge is 0.315 e. The minimum Gasteiger partial charge on any atom is -0.493 e. The van der Waals surface area contributed by atoms with E-state index in [-0.39, 0.29) is 17.7 Å². The van der Waals surface area contributed by atoms with Gasteiger partial charge in [-0.15, -0.1) is 0 Å². The normalized spacial score (nSPS) is 20.2. The zero-order valence-electron chi connectivity index (χ0n) is 24.0. The van der Waals surface area contributed by atoms with Crippen LogP contribution in [0.1, 0.15) is 68.1 Å². The zero-order chi connectivity index (χ0) is 28.8. The standard InChI is InChI=1S/C35H37NO5/c1-4-5-18-40-35(38)32-23(2)36-28-19-27(25-14-10-7-11-15-25)20-29(37)34(28)33(32)26-16-17-30(31(21-26)39-3)41-22-24-12-8-6-9-13-24/h6-17,21,27,32-33H,4-5,18-20,22H2,1-3H3/t27-,32?,33-/m0/s1. The maximum Gasteiger partial charge on any atom is 0.315 e. The van der Waals surface area contributed by atoms with E-state index in [1.54, 1.807) is 7.11 Å². The summed E-state index contributed by atoms with van der Waals surface area (Å²) in [7, 11) is 1.60. The molecule has 0 spiro atoms. The molecule has 1 aliphatic carbocycles. The number of benzene rings is 3. The van der Waals surface area contributed by atoms with Crippen molar-refractivity contribution in [2.24, 2.45) is 10.9 Å². The van der Waals surface area contributed by atoms with Crippen LogP contribution in [0.25, 0.3) is 0 Å². The summed E-state index contributed by atoms with van der Waals surface area (Å²) in [6.07, 6.45) is 2.73. The molecule has 1 unspecified atom stereocenters. The highest BCUT2D eigenvalue weighted by atomic mass is 16.5. The molecule has 41 heavy (non-hydrogen) atoms. The average Bonchev–Trinajstić information content (AvgIpc) is 3.00. The molecule has 0 radical (unpaired) electrons. The van der Waals surface area contributed by atoms with Crippen molar-refractivity contribution in [3.8, 4) is 11.5 Å². The number of rotatable bonds is 10. The fraction of sp³-hybridized carbons (Fsp3) is 0.343. The molecule has 0 amide bonds. The van der Waals surface area contributed by atoms with Crippen LogP contribution in [0.3, 0.4) is 0 Å². The lowest BCUT2D eigenvalue weighted by molar-refractivity contribution is -0.146. The average molecular weight is 552 g/mol. The number of aliphatic imine (C=N–C) groups is 1. The molecular formula is C35H37NO5. The van der Waals surface area contributed by atoms with Gasteiger partial charge in [-0.1, -0.05) is 80.1 Å². The van der Waals surface area contributed by atoms with Gasteiger partial charge in [0.05, 0.1) is 13.7 Å². The van der Waals surface area contributed by atoms with Gasteiger partial charge in [-0.25, -0.2) is 0 Å². The topological polar surface area (TPSA) is 74.2 Å². The van der Waals surface area contributed by atoms with Crippen molar-refractivity contribution in [2.75, 3.05) is 13.7 Å². The van der Waals surface area contributed by atoms with Crippen molar-refractivity contribution in [1.29, 1.82) is 0 Å². The Hall–Kier alpha value is -4.19. The Kier molecular flexibility index (Phi) is 8.98. The second kappa shape index (κ2) is 13.0. The molecule has 0 saturated carbocycles. The summed E-state index contributed by atoms with van der Waals surface area (Å²) in [5, 5.41) is 0. The second-order valence-electron chi connectivity index (χ2n) is 10.7. The first-order valence-corrected chi connectivity index (χ1v) is 14.4. The van der Waals surface area contributed by atoms with E-state index in [1.165, 1.54) is 0 Å². The predicted molar refractivity (Wildman–Crippen MR) is 159 cm³/mol. The Balaban J connectivity index is 1.51. The number of ketones is 1. The van der Waals surface area contributed by atoms with Gasteiger partial charge in [-0.2, -0.15) is 0 Å². The fourth-order valence-corrected chi connectivity index (χ4v) is 5.83. The summed E-state index contributed by atoms with van der Waals surface area (Å²) in [6.45, 7) is 4.66. The minimum absolute atomic E-state index is 0.0242. The predicted octanol–water partition coefficient (Wildman–Crippen LogP) is 7.19. The third-order valence-corrected chi connectivity index (χ3v) is 7.94. The fourth-order valence-electron chi connectivity index (χ4n) is 5.83. The van der Waals surface area contributed by atoms with E-state index in [9.17, 15) is 9.59 Å². The Morgan fingerprint density at radius 3 is 2.37 bits per heavy atom. The first kappa shape index (κ1) is 28.3. The van der Waals surface area contributed by atoms with Crippen molar-refractivity contribution in [1.82, 2.24) is 0 Å². The van der Waals surface area contributed by atoms with Crippen molar-refractivity contribution in [3.05, 3.63) is 107 Å². The lowest BCUT2D eigenvalue weighted by Gasteiger charge is -2.36. The van der Waals surface area contributed by atoms with Crippen molar-refractivity contribution in [3.63, 3.8) is 0 Å². The number of methoxy groups -OCH3 is 1. The number of ether oxygens (including phenoxy) is 3. The van der Waals surface area contributed by atoms with Gasteiger partial charge in [0.2, 0.25) is 0 Å². The number of hydrogen-bond acceptors (Lipinski definition) is 6. The van der Waals surface area contributed by atoms with E-state index < -0.39 is 11.8 Å². The third-order valence-electron chi connectivity index (χ3n) is 7.94.